The van der Waals surface area contributed by atoms with Crippen molar-refractivity contribution in [3.05, 3.63) is 136 Å². The first-order chi connectivity index (χ1) is 23.3. The molecule has 0 aliphatic carbocycles. The SMILES string of the molecule is COC(=O)/C(=C(/C(=O)OC)[n+]1ccc(/C=C/c2ccc([N+](=O)[O-])cc2)c2ccccc21)[c-]1c2ccccc2c2c(C(=O)OC)cccc21. The number of hydrogen-bond acceptors (Lipinski definition) is 8. The van der Waals surface area contributed by atoms with Crippen LogP contribution in [0.5, 0.6) is 0 Å². The summed E-state index contributed by atoms with van der Waals surface area (Å²) in [6.07, 6.45) is 5.36. The summed E-state index contributed by atoms with van der Waals surface area (Å²) in [5.41, 5.74) is 2.69. The second-order valence-electron chi connectivity index (χ2n) is 10.7. The number of non-ortho nitro benzene ring substituents is 1. The van der Waals surface area contributed by atoms with E-state index in [9.17, 15) is 24.5 Å². The van der Waals surface area contributed by atoms with Crippen LogP contribution in [0, 0.1) is 10.1 Å². The Labute approximate surface area is 274 Å². The fourth-order valence-electron chi connectivity index (χ4n) is 5.99. The molecule has 5 aromatic carbocycles. The highest BCUT2D eigenvalue weighted by atomic mass is 16.6. The summed E-state index contributed by atoms with van der Waals surface area (Å²) in [7, 11) is 3.77. The van der Waals surface area contributed by atoms with Gasteiger partial charge < -0.3 is 14.2 Å². The van der Waals surface area contributed by atoms with E-state index in [1.807, 2.05) is 60.7 Å². The van der Waals surface area contributed by atoms with Crippen LogP contribution in [0.15, 0.2) is 103 Å². The number of hydrogen-bond donors (Lipinski definition) is 0. The van der Waals surface area contributed by atoms with Gasteiger partial charge in [-0.1, -0.05) is 93.9 Å². The Morgan fingerprint density at radius 1 is 0.729 bits per heavy atom. The number of pyridine rings is 1. The van der Waals surface area contributed by atoms with Gasteiger partial charge in [0.2, 0.25) is 5.52 Å². The molecule has 238 valence electrons. The normalized spacial score (nSPS) is 11.9. The molecule has 0 fully saturated rings. The summed E-state index contributed by atoms with van der Waals surface area (Å²) in [6.45, 7) is 0. The molecule has 0 unspecified atom stereocenters. The number of aromatic nitrogens is 1. The van der Waals surface area contributed by atoms with Crippen LogP contribution in [0.2, 0.25) is 0 Å². The zero-order chi connectivity index (χ0) is 33.9. The first-order valence-corrected chi connectivity index (χ1v) is 14.7. The van der Waals surface area contributed by atoms with Gasteiger partial charge in [-0.25, -0.2) is 9.59 Å². The zero-order valence-electron chi connectivity index (χ0n) is 26.1. The zero-order valence-corrected chi connectivity index (χ0v) is 26.1. The van der Waals surface area contributed by atoms with Gasteiger partial charge in [-0.3, -0.25) is 14.9 Å². The maximum atomic E-state index is 13.9. The minimum absolute atomic E-state index is 0.00575. The molecule has 10 heteroatoms. The van der Waals surface area contributed by atoms with Gasteiger partial charge in [-0.05, 0) is 29.3 Å². The molecule has 10 nitrogen and oxygen atoms in total. The number of nitro benzene ring substituents is 1. The van der Waals surface area contributed by atoms with E-state index in [-0.39, 0.29) is 17.0 Å². The molecular formula is C38H28N2O8. The lowest BCUT2D eigenvalue weighted by Crippen LogP contribution is -2.39. The van der Waals surface area contributed by atoms with Crippen LogP contribution in [0.1, 0.15) is 27.0 Å². The topological polar surface area (TPSA) is 126 Å². The van der Waals surface area contributed by atoms with Crippen LogP contribution >= 0.6 is 0 Å². The summed E-state index contributed by atoms with van der Waals surface area (Å²) in [5, 5.41) is 14.2. The third kappa shape index (κ3) is 5.45. The molecule has 0 aliphatic rings. The fraction of sp³-hybridized carbons (Fsp3) is 0.0789. The highest BCUT2D eigenvalue weighted by Gasteiger charge is 2.32. The van der Waals surface area contributed by atoms with Crippen molar-refractivity contribution in [2.75, 3.05) is 21.3 Å². The second kappa shape index (κ2) is 13.1. The van der Waals surface area contributed by atoms with Crippen LogP contribution in [0.4, 0.5) is 5.69 Å². The summed E-state index contributed by atoms with van der Waals surface area (Å²) < 4.78 is 17.3. The molecule has 0 aliphatic heterocycles. The Morgan fingerprint density at radius 2 is 1.40 bits per heavy atom. The molecule has 0 atom stereocenters. The van der Waals surface area contributed by atoms with Crippen molar-refractivity contribution in [1.82, 2.24) is 0 Å². The van der Waals surface area contributed by atoms with Crippen molar-refractivity contribution in [2.24, 2.45) is 0 Å². The summed E-state index contributed by atoms with van der Waals surface area (Å²) >= 11 is 0. The lowest BCUT2D eigenvalue weighted by molar-refractivity contribution is -0.548. The number of nitro groups is 1. The van der Waals surface area contributed by atoms with E-state index in [4.69, 9.17) is 14.2 Å². The Bertz CT molecular complexity index is 2330. The number of para-hydroxylation sites is 1. The number of esters is 3. The number of carbonyl (C=O) groups excluding carboxylic acids is 3. The summed E-state index contributed by atoms with van der Waals surface area (Å²) in [5.74, 6) is -2.12. The van der Waals surface area contributed by atoms with E-state index in [1.165, 1.54) is 33.5 Å². The molecular weight excluding hydrogens is 612 g/mol. The summed E-state index contributed by atoms with van der Waals surface area (Å²) in [6, 6.07) is 27.7. The standard InChI is InChI=1S/C38H28N2O8/c1-46-36(41)30-13-8-12-29-32(30)27-10-4-5-11-28(27)33(29)34(37(42)47-2)35(38(43)48-3)39-22-21-24(26-9-6-7-14-31(26)39)18-15-23-16-19-25(20-17-23)40(44)45/h4-22H,1-3H3/b18-15+,35-34-. The molecule has 48 heavy (non-hydrogen) atoms. The number of nitrogens with zero attached hydrogens (tertiary/aromatic N) is 2. The third-order valence-electron chi connectivity index (χ3n) is 8.14. The molecule has 6 aromatic rings. The molecule has 0 saturated carbocycles. The molecule has 0 saturated heterocycles. The molecule has 1 aromatic heterocycles. The number of carbonyl (C=O) groups is 3. The predicted molar refractivity (Wildman–Crippen MR) is 182 cm³/mol. The molecule has 0 spiro atoms. The number of fused-ring (bicyclic) bond motifs is 4. The number of ether oxygens (including phenoxy) is 3. The monoisotopic (exact) mass is 640 g/mol. The Kier molecular flexibility index (Phi) is 8.55. The van der Waals surface area contributed by atoms with Gasteiger partial charge in [-0.15, -0.1) is 0 Å². The number of benzene rings is 4. The molecule has 0 bridgehead atoms. The van der Waals surface area contributed by atoms with Gasteiger partial charge in [0.15, 0.2) is 6.20 Å². The lowest BCUT2D eigenvalue weighted by atomic mass is 9.98. The van der Waals surface area contributed by atoms with Gasteiger partial charge in [0.05, 0.1) is 37.2 Å². The minimum atomic E-state index is -0.790. The van der Waals surface area contributed by atoms with E-state index in [0.717, 1.165) is 16.5 Å². The van der Waals surface area contributed by atoms with Gasteiger partial charge in [0.1, 0.15) is 0 Å². The Hall–Kier alpha value is -6.55. The van der Waals surface area contributed by atoms with Gasteiger partial charge in [0.25, 0.3) is 17.4 Å². The van der Waals surface area contributed by atoms with Gasteiger partial charge >= 0.3 is 11.9 Å². The maximum absolute atomic E-state index is 13.9. The molecule has 0 radical (unpaired) electrons. The maximum Gasteiger partial charge on any atom is 0.379 e. The number of methoxy groups -OCH3 is 3. The molecule has 0 amide bonds. The van der Waals surface area contributed by atoms with Crippen molar-refractivity contribution < 1.29 is 38.1 Å². The van der Waals surface area contributed by atoms with Crippen molar-refractivity contribution in [3.63, 3.8) is 0 Å². The second-order valence-corrected chi connectivity index (χ2v) is 10.7. The highest BCUT2D eigenvalue weighted by molar-refractivity contribution is 6.39. The average molecular weight is 641 g/mol. The fourth-order valence-corrected chi connectivity index (χ4v) is 5.99. The summed E-state index contributed by atoms with van der Waals surface area (Å²) in [4.78, 5) is 51.2. The predicted octanol–water partition coefficient (Wildman–Crippen LogP) is 6.73. The van der Waals surface area contributed by atoms with Crippen LogP contribution in [0.3, 0.4) is 0 Å². The van der Waals surface area contributed by atoms with Crippen LogP contribution in [0.25, 0.3) is 55.9 Å². The minimum Gasteiger partial charge on any atom is -0.490 e. The largest absolute Gasteiger partial charge is 0.490 e. The van der Waals surface area contributed by atoms with Crippen molar-refractivity contribution in [1.29, 1.82) is 0 Å². The lowest BCUT2D eigenvalue weighted by Gasteiger charge is -2.15. The van der Waals surface area contributed by atoms with E-state index in [0.29, 0.717) is 38.2 Å². The Morgan fingerprint density at radius 3 is 2.08 bits per heavy atom. The van der Waals surface area contributed by atoms with E-state index in [1.54, 1.807) is 47.2 Å². The first kappa shape index (κ1) is 31.4. The van der Waals surface area contributed by atoms with Gasteiger partial charge in [-0.2, -0.15) is 4.57 Å². The van der Waals surface area contributed by atoms with Crippen molar-refractivity contribution >= 4 is 79.5 Å². The van der Waals surface area contributed by atoms with Gasteiger partial charge in [0, 0.05) is 29.8 Å². The quantitative estimate of drug-likeness (QED) is 0.0341. The van der Waals surface area contributed by atoms with Crippen LogP contribution in [-0.4, -0.2) is 44.2 Å². The number of rotatable bonds is 8. The van der Waals surface area contributed by atoms with E-state index >= 15 is 0 Å². The highest BCUT2D eigenvalue weighted by Crippen LogP contribution is 2.41. The van der Waals surface area contributed by atoms with E-state index in [2.05, 4.69) is 0 Å². The smallest absolute Gasteiger partial charge is 0.379 e. The van der Waals surface area contributed by atoms with Crippen LogP contribution < -0.4 is 4.57 Å². The van der Waals surface area contributed by atoms with Crippen LogP contribution in [-0.2, 0) is 23.8 Å². The molecule has 1 heterocycles. The molecule has 6 rings (SSSR count). The van der Waals surface area contributed by atoms with Crippen molar-refractivity contribution in [3.8, 4) is 0 Å². The Balaban J connectivity index is 1.65. The molecule has 0 N–H and O–H groups in total. The first-order valence-electron chi connectivity index (χ1n) is 14.7. The van der Waals surface area contributed by atoms with Crippen molar-refractivity contribution in [2.45, 2.75) is 0 Å². The van der Waals surface area contributed by atoms with E-state index < -0.39 is 22.8 Å². The third-order valence-corrected chi connectivity index (χ3v) is 8.14. The average Bonchev–Trinajstić information content (AvgIpc) is 3.46.